The molecular formula is C21H28INO5. The normalized spacial score (nSPS) is 12.8. The first-order valence-corrected chi connectivity index (χ1v) is 10.5. The van der Waals surface area contributed by atoms with Crippen LogP contribution in [0.15, 0.2) is 34.9 Å². The van der Waals surface area contributed by atoms with Crippen LogP contribution in [0.25, 0.3) is 0 Å². The van der Waals surface area contributed by atoms with E-state index in [0.29, 0.717) is 31.1 Å². The number of hydrogen-bond acceptors (Lipinski definition) is 6. The van der Waals surface area contributed by atoms with E-state index in [1.165, 1.54) is 0 Å². The molecule has 1 aromatic heterocycles. The number of ether oxygens (including phenoxy) is 2. The molecule has 0 amide bonds. The van der Waals surface area contributed by atoms with Gasteiger partial charge >= 0.3 is 5.97 Å². The summed E-state index contributed by atoms with van der Waals surface area (Å²) in [5.74, 6) is 0.175. The first-order valence-electron chi connectivity index (χ1n) is 9.38. The zero-order chi connectivity index (χ0) is 20.6. The van der Waals surface area contributed by atoms with Crippen LogP contribution in [0.2, 0.25) is 0 Å². The number of esters is 1. The second kappa shape index (κ2) is 10.9. The lowest BCUT2D eigenvalue weighted by Gasteiger charge is -2.21. The molecule has 2 rings (SSSR count). The minimum absolute atomic E-state index is 0.171. The van der Waals surface area contributed by atoms with E-state index in [9.17, 15) is 9.90 Å². The fourth-order valence-electron chi connectivity index (χ4n) is 2.78. The number of carbonyl (C=O) groups excluding carboxylic acids is 1. The van der Waals surface area contributed by atoms with Gasteiger partial charge in [-0.25, -0.2) is 0 Å². The number of rotatable bonds is 10. The Balaban J connectivity index is 1.93. The van der Waals surface area contributed by atoms with Crippen LogP contribution < -0.4 is 0 Å². The first kappa shape index (κ1) is 22.8. The number of nitrogens with zero attached hydrogens (tertiary/aromatic N) is 1. The number of hydrogen-bond donors (Lipinski definition) is 1. The van der Waals surface area contributed by atoms with Crippen molar-refractivity contribution in [2.75, 3.05) is 6.61 Å². The summed E-state index contributed by atoms with van der Waals surface area (Å²) >= 11 is 2.10. The Kier molecular flexibility index (Phi) is 8.91. The molecule has 6 nitrogen and oxygen atoms in total. The molecular weight excluding hydrogens is 473 g/mol. The standard InChI is InChI=1S/C21H28INO5/c1-21(2,3)27-18(25)12-16(20-19(22)17(13-24)23-28-20)10-7-11-26-14-15-8-5-4-6-9-15/h4-6,8-9,16,24H,7,10-14H2,1-3H3/t16-/m0/s1. The van der Waals surface area contributed by atoms with Gasteiger partial charge in [-0.3, -0.25) is 4.79 Å². The van der Waals surface area contributed by atoms with Gasteiger partial charge in [0.1, 0.15) is 11.3 Å². The van der Waals surface area contributed by atoms with Crippen molar-refractivity contribution in [3.05, 3.63) is 50.9 Å². The van der Waals surface area contributed by atoms with Crippen LogP contribution >= 0.6 is 22.6 Å². The fraction of sp³-hybridized carbons (Fsp3) is 0.524. The maximum absolute atomic E-state index is 12.3. The quantitative estimate of drug-likeness (QED) is 0.292. The van der Waals surface area contributed by atoms with E-state index in [2.05, 4.69) is 27.7 Å². The molecule has 0 saturated carbocycles. The topological polar surface area (TPSA) is 81.8 Å². The summed E-state index contributed by atoms with van der Waals surface area (Å²) in [6.07, 6.45) is 1.67. The zero-order valence-corrected chi connectivity index (χ0v) is 18.8. The molecule has 28 heavy (non-hydrogen) atoms. The Labute approximate surface area is 179 Å². The van der Waals surface area contributed by atoms with E-state index in [1.54, 1.807) is 0 Å². The second-order valence-corrected chi connectivity index (χ2v) is 8.71. The molecule has 0 aliphatic heterocycles. The summed E-state index contributed by atoms with van der Waals surface area (Å²) in [5, 5.41) is 13.3. The number of aliphatic hydroxyl groups excluding tert-OH is 1. The van der Waals surface area contributed by atoms with Crippen molar-refractivity contribution < 1.29 is 23.9 Å². The summed E-state index contributed by atoms with van der Waals surface area (Å²) in [4.78, 5) is 12.3. The maximum Gasteiger partial charge on any atom is 0.307 e. The Morgan fingerprint density at radius 2 is 2.00 bits per heavy atom. The van der Waals surface area contributed by atoms with Gasteiger partial charge < -0.3 is 19.1 Å². The molecule has 0 bridgehead atoms. The Bertz CT molecular complexity index is 739. The third-order valence-corrected chi connectivity index (χ3v) is 5.18. The molecule has 1 aromatic carbocycles. The van der Waals surface area contributed by atoms with Crippen molar-refractivity contribution in [3.8, 4) is 0 Å². The average Bonchev–Trinajstić information content (AvgIpc) is 3.00. The molecule has 7 heteroatoms. The van der Waals surface area contributed by atoms with Crippen LogP contribution in [-0.2, 0) is 27.5 Å². The average molecular weight is 501 g/mol. The summed E-state index contributed by atoms with van der Waals surface area (Å²) in [6.45, 7) is 6.49. The van der Waals surface area contributed by atoms with E-state index in [1.807, 2.05) is 51.1 Å². The van der Waals surface area contributed by atoms with Gasteiger partial charge in [0.25, 0.3) is 0 Å². The van der Waals surface area contributed by atoms with Crippen LogP contribution in [0.3, 0.4) is 0 Å². The molecule has 0 aliphatic rings. The van der Waals surface area contributed by atoms with Crippen molar-refractivity contribution in [3.63, 3.8) is 0 Å². The minimum Gasteiger partial charge on any atom is -0.460 e. The summed E-state index contributed by atoms with van der Waals surface area (Å²) in [5.41, 5.74) is 1.08. The van der Waals surface area contributed by atoms with Gasteiger partial charge in [-0.05, 0) is 61.8 Å². The van der Waals surface area contributed by atoms with Crippen molar-refractivity contribution in [2.24, 2.45) is 0 Å². The zero-order valence-electron chi connectivity index (χ0n) is 16.6. The third-order valence-electron chi connectivity index (χ3n) is 4.03. The number of aliphatic hydroxyl groups is 1. The number of carbonyl (C=O) groups is 1. The van der Waals surface area contributed by atoms with Crippen LogP contribution in [0.5, 0.6) is 0 Å². The van der Waals surface area contributed by atoms with E-state index < -0.39 is 5.60 Å². The molecule has 0 unspecified atom stereocenters. The molecule has 0 saturated heterocycles. The third kappa shape index (κ3) is 7.52. The fourth-order valence-corrected chi connectivity index (χ4v) is 3.59. The summed E-state index contributed by atoms with van der Waals surface area (Å²) < 4.78 is 17.4. The largest absolute Gasteiger partial charge is 0.460 e. The summed E-state index contributed by atoms with van der Waals surface area (Å²) in [7, 11) is 0. The lowest BCUT2D eigenvalue weighted by Crippen LogP contribution is -2.25. The predicted molar refractivity (Wildman–Crippen MR) is 114 cm³/mol. The van der Waals surface area contributed by atoms with Crippen molar-refractivity contribution in [1.29, 1.82) is 0 Å². The second-order valence-electron chi connectivity index (χ2n) is 7.63. The van der Waals surface area contributed by atoms with Gasteiger partial charge in [-0.1, -0.05) is 35.5 Å². The highest BCUT2D eigenvalue weighted by Gasteiger charge is 2.27. The Morgan fingerprint density at radius 1 is 1.29 bits per heavy atom. The van der Waals surface area contributed by atoms with Crippen molar-refractivity contribution >= 4 is 28.6 Å². The molecule has 1 N–H and O–H groups in total. The molecule has 0 spiro atoms. The summed E-state index contributed by atoms with van der Waals surface area (Å²) in [6, 6.07) is 10.0. The van der Waals surface area contributed by atoms with Gasteiger partial charge in [-0.2, -0.15) is 0 Å². The highest BCUT2D eigenvalue weighted by Crippen LogP contribution is 2.32. The van der Waals surface area contributed by atoms with E-state index in [4.69, 9.17) is 14.0 Å². The number of halogens is 1. The molecule has 0 fully saturated rings. The van der Waals surface area contributed by atoms with Gasteiger partial charge in [0.15, 0.2) is 5.76 Å². The minimum atomic E-state index is -0.536. The lowest BCUT2D eigenvalue weighted by atomic mass is 9.96. The highest BCUT2D eigenvalue weighted by atomic mass is 127. The maximum atomic E-state index is 12.3. The smallest absolute Gasteiger partial charge is 0.307 e. The number of aromatic nitrogens is 1. The molecule has 1 atom stereocenters. The van der Waals surface area contributed by atoms with Crippen LogP contribution in [0.4, 0.5) is 0 Å². The predicted octanol–water partition coefficient (Wildman–Crippen LogP) is 4.58. The highest BCUT2D eigenvalue weighted by molar-refractivity contribution is 14.1. The SMILES string of the molecule is CC(C)(C)OC(=O)C[C@H](CCCOCc1ccccc1)c1onc(CO)c1I. The monoisotopic (exact) mass is 501 g/mol. The molecule has 2 aromatic rings. The van der Waals surface area contributed by atoms with E-state index in [0.717, 1.165) is 15.6 Å². The van der Waals surface area contributed by atoms with Gasteiger partial charge in [0.2, 0.25) is 0 Å². The molecule has 1 heterocycles. The lowest BCUT2D eigenvalue weighted by molar-refractivity contribution is -0.155. The van der Waals surface area contributed by atoms with Crippen molar-refractivity contribution in [2.45, 2.75) is 64.8 Å². The van der Waals surface area contributed by atoms with Crippen LogP contribution in [0, 0.1) is 3.57 Å². The number of benzene rings is 1. The molecule has 0 aliphatic carbocycles. The molecule has 0 radical (unpaired) electrons. The Morgan fingerprint density at radius 3 is 2.61 bits per heavy atom. The van der Waals surface area contributed by atoms with Crippen LogP contribution in [-0.4, -0.2) is 28.4 Å². The van der Waals surface area contributed by atoms with E-state index in [-0.39, 0.29) is 24.9 Å². The van der Waals surface area contributed by atoms with Gasteiger partial charge in [-0.15, -0.1) is 0 Å². The Hall–Kier alpha value is -1.45. The van der Waals surface area contributed by atoms with E-state index >= 15 is 0 Å². The van der Waals surface area contributed by atoms with Crippen LogP contribution in [0.1, 0.15) is 63.0 Å². The van der Waals surface area contributed by atoms with Gasteiger partial charge in [0, 0.05) is 12.5 Å². The van der Waals surface area contributed by atoms with Gasteiger partial charge in [0.05, 0.1) is 23.2 Å². The molecule has 154 valence electrons. The van der Waals surface area contributed by atoms with Crippen molar-refractivity contribution in [1.82, 2.24) is 5.16 Å². The first-order chi connectivity index (χ1) is 13.3.